The van der Waals surface area contributed by atoms with Crippen LogP contribution >= 0.6 is 0 Å². The molecule has 3 rings (SSSR count). The molecule has 2 atom stereocenters. The Hall–Kier alpha value is -1.38. The highest BCUT2D eigenvalue weighted by atomic mass is 32.2. The molecule has 0 radical (unpaired) electrons. The number of rotatable bonds is 6. The first-order chi connectivity index (χ1) is 13.0. The number of benzene rings is 2. The van der Waals surface area contributed by atoms with Crippen molar-refractivity contribution in [1.29, 1.82) is 0 Å². The maximum absolute atomic E-state index is 12.9. The van der Waals surface area contributed by atoms with Crippen molar-refractivity contribution in [2.45, 2.75) is 36.0 Å². The van der Waals surface area contributed by atoms with E-state index in [0.29, 0.717) is 9.79 Å². The Labute approximate surface area is 168 Å². The van der Waals surface area contributed by atoms with Crippen LogP contribution < -0.4 is 9.62 Å². The lowest BCUT2D eigenvalue weighted by atomic mass is 10.1. The van der Waals surface area contributed by atoms with Crippen molar-refractivity contribution in [1.82, 2.24) is 4.31 Å². The van der Waals surface area contributed by atoms with Crippen LogP contribution in [0.5, 0.6) is 0 Å². The number of anilines is 2. The Bertz CT molecular complexity index is 749. The summed E-state index contributed by atoms with van der Waals surface area (Å²) in [6, 6.07) is 13.4. The van der Waals surface area contributed by atoms with Gasteiger partial charge in [-0.1, -0.05) is 6.07 Å². The molecule has 1 aliphatic heterocycles. The number of hydrogen-bond acceptors (Lipinski definition) is 5. The molecule has 1 saturated heterocycles. The van der Waals surface area contributed by atoms with Crippen molar-refractivity contribution in [3.63, 3.8) is 0 Å². The van der Waals surface area contributed by atoms with Crippen molar-refractivity contribution in [3.05, 3.63) is 48.0 Å². The van der Waals surface area contributed by atoms with E-state index >= 15 is 0 Å². The maximum Gasteiger partial charge on any atom is 0.180 e. The predicted octanol–water partition coefficient (Wildman–Crippen LogP) is 3.70. The van der Waals surface area contributed by atoms with E-state index in [1.807, 2.05) is 6.92 Å². The van der Waals surface area contributed by atoms with Crippen LogP contribution in [0.4, 0.5) is 11.4 Å². The molecule has 0 saturated carbocycles. The quantitative estimate of drug-likeness (QED) is 0.743. The molecule has 0 aliphatic carbocycles. The van der Waals surface area contributed by atoms with Crippen LogP contribution in [-0.2, 0) is 22.7 Å². The molecule has 5 nitrogen and oxygen atoms in total. The van der Waals surface area contributed by atoms with Crippen molar-refractivity contribution in [2.24, 2.45) is 0 Å². The fourth-order valence-corrected chi connectivity index (χ4v) is 4.85. The molecule has 1 fully saturated rings. The van der Waals surface area contributed by atoms with Crippen LogP contribution in [-0.4, -0.2) is 40.6 Å². The van der Waals surface area contributed by atoms with Crippen LogP contribution in [0.1, 0.15) is 24.8 Å². The van der Waals surface area contributed by atoms with Gasteiger partial charge in [-0.3, -0.25) is 0 Å². The molecule has 0 aromatic heterocycles. The molecule has 27 heavy (non-hydrogen) atoms. The Kier molecular flexibility index (Phi) is 6.94. The summed E-state index contributed by atoms with van der Waals surface area (Å²) in [7, 11) is 3.53. The molecule has 0 bridgehead atoms. The van der Waals surface area contributed by atoms with Gasteiger partial charge in [0.15, 0.2) is 9.79 Å². The minimum absolute atomic E-state index is 0.667. The van der Waals surface area contributed by atoms with Crippen LogP contribution in [0.2, 0.25) is 0 Å². The average molecular weight is 406 g/mol. The second-order valence-electron chi connectivity index (χ2n) is 6.97. The molecule has 1 heterocycles. The van der Waals surface area contributed by atoms with Crippen LogP contribution in [0.15, 0.2) is 52.3 Å². The maximum atomic E-state index is 12.9. The van der Waals surface area contributed by atoms with Crippen LogP contribution in [0.25, 0.3) is 0 Å². The highest BCUT2D eigenvalue weighted by Gasteiger charge is 2.21. The topological polar surface area (TPSA) is 64.6 Å². The lowest BCUT2D eigenvalue weighted by Crippen LogP contribution is -2.30. The van der Waals surface area contributed by atoms with E-state index in [9.17, 15) is 9.11 Å². The van der Waals surface area contributed by atoms with Crippen molar-refractivity contribution < 1.29 is 9.11 Å². The van der Waals surface area contributed by atoms with Crippen molar-refractivity contribution in [3.8, 4) is 0 Å². The minimum atomic E-state index is -1.38. The molecule has 2 aromatic rings. The monoisotopic (exact) mass is 405 g/mol. The number of hydrogen-bond donors (Lipinski definition) is 1. The van der Waals surface area contributed by atoms with E-state index in [2.05, 4.69) is 27.8 Å². The summed E-state index contributed by atoms with van der Waals surface area (Å²) in [5, 5.41) is 0. The fourth-order valence-electron chi connectivity index (χ4n) is 3.19. The Morgan fingerprint density at radius 2 is 1.56 bits per heavy atom. The molecule has 7 heteroatoms. The van der Waals surface area contributed by atoms with E-state index in [4.69, 9.17) is 0 Å². The Morgan fingerprint density at radius 1 is 0.926 bits per heavy atom. The number of nitrogens with one attached hydrogen (secondary N) is 1. The Balaban J connectivity index is 1.77. The van der Waals surface area contributed by atoms with Gasteiger partial charge < -0.3 is 14.0 Å². The summed E-state index contributed by atoms with van der Waals surface area (Å²) in [6.45, 7) is 4.12. The van der Waals surface area contributed by atoms with Crippen molar-refractivity contribution >= 4 is 34.1 Å². The zero-order chi connectivity index (χ0) is 19.4. The van der Waals surface area contributed by atoms with E-state index in [0.717, 1.165) is 30.0 Å². The Morgan fingerprint density at radius 3 is 2.19 bits per heavy atom. The third-order valence-electron chi connectivity index (χ3n) is 4.62. The minimum Gasteiger partial charge on any atom is -0.593 e. The van der Waals surface area contributed by atoms with Gasteiger partial charge in [0.25, 0.3) is 0 Å². The predicted molar refractivity (Wildman–Crippen MR) is 114 cm³/mol. The first-order valence-corrected chi connectivity index (χ1v) is 11.4. The lowest BCUT2D eigenvalue weighted by molar-refractivity contribution is 0.520. The van der Waals surface area contributed by atoms with Gasteiger partial charge in [-0.2, -0.15) is 0 Å². The zero-order valence-electron chi connectivity index (χ0n) is 16.1. The molecule has 1 N–H and O–H groups in total. The highest BCUT2D eigenvalue weighted by Crippen LogP contribution is 2.31. The van der Waals surface area contributed by atoms with Crippen molar-refractivity contribution in [2.75, 3.05) is 36.8 Å². The summed E-state index contributed by atoms with van der Waals surface area (Å²) < 4.78 is 29.8. The molecular weight excluding hydrogens is 378 g/mol. The summed E-state index contributed by atoms with van der Waals surface area (Å²) in [4.78, 5) is 3.73. The summed E-state index contributed by atoms with van der Waals surface area (Å²) >= 11 is -2.58. The van der Waals surface area contributed by atoms with Crippen LogP contribution in [0, 0.1) is 6.92 Å². The van der Waals surface area contributed by atoms with Gasteiger partial charge in [0.1, 0.15) is 17.0 Å². The summed E-state index contributed by atoms with van der Waals surface area (Å²) in [5.41, 5.74) is 3.14. The van der Waals surface area contributed by atoms with Gasteiger partial charge >= 0.3 is 0 Å². The second-order valence-corrected chi connectivity index (χ2v) is 9.89. The molecule has 146 valence electrons. The molecular formula is C20H27N3O2S2. The van der Waals surface area contributed by atoms with E-state index in [1.54, 1.807) is 42.7 Å². The summed E-state index contributed by atoms with van der Waals surface area (Å²) in [6.07, 6.45) is 3.67. The lowest BCUT2D eigenvalue weighted by Gasteiger charge is -2.30. The average Bonchev–Trinajstić information content (AvgIpc) is 2.68. The summed E-state index contributed by atoms with van der Waals surface area (Å²) in [5.74, 6) is 0. The van der Waals surface area contributed by atoms with Gasteiger partial charge in [-0.15, -0.1) is 4.31 Å². The zero-order valence-corrected chi connectivity index (χ0v) is 17.7. The third-order valence-corrected chi connectivity index (χ3v) is 7.07. The molecule has 2 aromatic carbocycles. The molecule has 1 aliphatic rings. The normalized spacial score (nSPS) is 17.0. The number of piperidine rings is 1. The molecule has 2 unspecified atom stereocenters. The first kappa shape index (κ1) is 20.4. The highest BCUT2D eigenvalue weighted by molar-refractivity contribution is 7.92. The SMILES string of the molecule is Cc1ccc(N2CCCCC2)c(N[S+]([O-])c2ccc([S+]([O-])N(C)C)cc2)c1. The second kappa shape index (κ2) is 9.21. The number of aryl methyl sites for hydroxylation is 1. The smallest absolute Gasteiger partial charge is 0.180 e. The molecule has 0 spiro atoms. The van der Waals surface area contributed by atoms with E-state index in [1.165, 1.54) is 19.3 Å². The molecule has 0 amide bonds. The van der Waals surface area contributed by atoms with Gasteiger partial charge in [-0.25, -0.2) is 4.72 Å². The van der Waals surface area contributed by atoms with Gasteiger partial charge in [0.2, 0.25) is 0 Å². The van der Waals surface area contributed by atoms with Crippen LogP contribution in [0.3, 0.4) is 0 Å². The third kappa shape index (κ3) is 5.12. The standard InChI is InChI=1S/C20H27N3O2S2/c1-16-7-12-20(23-13-5-4-6-14-23)19(15-16)21-26(24)17-8-10-18(11-9-17)27(25)22(2)3/h7-12,15,21H,4-6,13-14H2,1-3H3. The van der Waals surface area contributed by atoms with Gasteiger partial charge in [-0.05, 0) is 43.9 Å². The fraction of sp³-hybridized carbons (Fsp3) is 0.400. The van der Waals surface area contributed by atoms with E-state index in [-0.39, 0.29) is 0 Å². The largest absolute Gasteiger partial charge is 0.593 e. The number of nitrogens with zero attached hydrogens (tertiary/aromatic N) is 2. The van der Waals surface area contributed by atoms with E-state index < -0.39 is 22.7 Å². The van der Waals surface area contributed by atoms with Gasteiger partial charge in [0, 0.05) is 51.5 Å². The first-order valence-electron chi connectivity index (χ1n) is 9.19. The van der Waals surface area contributed by atoms with Gasteiger partial charge in [0.05, 0.1) is 17.0 Å².